The maximum Gasteiger partial charge on any atom is 0.221 e. The number of nitrogens with zero attached hydrogens (tertiary/aromatic N) is 3. The number of benzene rings is 1. The van der Waals surface area contributed by atoms with Gasteiger partial charge in [-0.05, 0) is 43.7 Å². The minimum Gasteiger partial charge on any atom is -0.372 e. The maximum atomic E-state index is 12.3. The summed E-state index contributed by atoms with van der Waals surface area (Å²) >= 11 is 0. The highest BCUT2D eigenvalue weighted by atomic mass is 16.1. The van der Waals surface area contributed by atoms with Gasteiger partial charge in [0, 0.05) is 37.3 Å². The number of hydrogen-bond acceptors (Lipinski definition) is 3. The van der Waals surface area contributed by atoms with E-state index in [1.165, 1.54) is 5.69 Å². The van der Waals surface area contributed by atoms with Crippen LogP contribution in [0.25, 0.3) is 5.65 Å². The summed E-state index contributed by atoms with van der Waals surface area (Å²) in [6.07, 6.45) is 2.48. The van der Waals surface area contributed by atoms with Crippen LogP contribution in [0.15, 0.2) is 48.7 Å². The Hall–Kier alpha value is -2.82. The molecule has 5 nitrogen and oxygen atoms in total. The molecule has 1 aromatic carbocycles. The van der Waals surface area contributed by atoms with Crippen LogP contribution >= 0.6 is 0 Å². The van der Waals surface area contributed by atoms with Gasteiger partial charge in [-0.2, -0.15) is 0 Å². The molecule has 0 saturated carbocycles. The van der Waals surface area contributed by atoms with Crippen molar-refractivity contribution in [1.29, 1.82) is 0 Å². The van der Waals surface area contributed by atoms with E-state index in [1.807, 2.05) is 24.4 Å². The first-order valence-corrected chi connectivity index (χ1v) is 9.28. The number of carbonyl (C=O) groups excluding carboxylic acids is 1. The van der Waals surface area contributed by atoms with Crippen molar-refractivity contribution in [2.24, 2.45) is 0 Å². The summed E-state index contributed by atoms with van der Waals surface area (Å²) in [6.45, 7) is 6.79. The number of amides is 1. The molecule has 1 atom stereocenters. The molecule has 2 aromatic heterocycles. The van der Waals surface area contributed by atoms with Gasteiger partial charge in [-0.15, -0.1) is 0 Å². The van der Waals surface area contributed by atoms with Gasteiger partial charge in [0.1, 0.15) is 5.65 Å². The summed E-state index contributed by atoms with van der Waals surface area (Å²) in [5.41, 5.74) is 5.38. The second kappa shape index (κ2) is 6.83. The monoisotopic (exact) mass is 348 g/mol. The fourth-order valence-corrected chi connectivity index (χ4v) is 3.88. The van der Waals surface area contributed by atoms with Crippen molar-refractivity contribution >= 4 is 17.2 Å². The molecule has 5 heteroatoms. The largest absolute Gasteiger partial charge is 0.372 e. The highest BCUT2D eigenvalue weighted by Crippen LogP contribution is 2.34. The van der Waals surface area contributed by atoms with Crippen LogP contribution in [0.5, 0.6) is 0 Å². The van der Waals surface area contributed by atoms with Gasteiger partial charge in [0.25, 0.3) is 0 Å². The number of rotatable bonds is 4. The molecular formula is C21H24N4O. The summed E-state index contributed by atoms with van der Waals surface area (Å²) in [5.74, 6) is 0.0844. The first-order chi connectivity index (χ1) is 12.7. The second-order valence-electron chi connectivity index (χ2n) is 6.67. The van der Waals surface area contributed by atoms with Gasteiger partial charge in [-0.3, -0.25) is 4.79 Å². The summed E-state index contributed by atoms with van der Waals surface area (Å²) in [6, 6.07) is 14.6. The maximum absolute atomic E-state index is 12.3. The third-order valence-corrected chi connectivity index (χ3v) is 5.24. The minimum absolute atomic E-state index is 0.00986. The lowest BCUT2D eigenvalue weighted by molar-refractivity contribution is -0.121. The average molecular weight is 348 g/mol. The van der Waals surface area contributed by atoms with Crippen molar-refractivity contribution in [2.75, 3.05) is 18.0 Å². The molecule has 26 heavy (non-hydrogen) atoms. The molecule has 1 amide bonds. The fourth-order valence-electron chi connectivity index (χ4n) is 3.88. The molecule has 3 heterocycles. The first kappa shape index (κ1) is 16.6. The second-order valence-corrected chi connectivity index (χ2v) is 6.67. The highest BCUT2D eigenvalue weighted by molar-refractivity contribution is 5.78. The van der Waals surface area contributed by atoms with E-state index in [2.05, 4.69) is 52.7 Å². The zero-order valence-electron chi connectivity index (χ0n) is 15.3. The number of aromatic nitrogens is 2. The van der Waals surface area contributed by atoms with Crippen molar-refractivity contribution in [2.45, 2.75) is 32.7 Å². The van der Waals surface area contributed by atoms with E-state index < -0.39 is 0 Å². The summed E-state index contributed by atoms with van der Waals surface area (Å²) in [5, 5.41) is 2.99. The van der Waals surface area contributed by atoms with Crippen molar-refractivity contribution in [3.05, 3.63) is 65.6 Å². The molecule has 0 radical (unpaired) electrons. The van der Waals surface area contributed by atoms with E-state index in [9.17, 15) is 4.79 Å². The van der Waals surface area contributed by atoms with Crippen LogP contribution in [0.2, 0.25) is 0 Å². The number of nitrogens with one attached hydrogen (secondary N) is 1. The third kappa shape index (κ3) is 2.83. The number of fused-ring (bicyclic) bond motifs is 3. The molecule has 1 N–H and O–H groups in total. The Bertz CT molecular complexity index is 925. The summed E-state index contributed by atoms with van der Waals surface area (Å²) < 4.78 is 2.12. The highest BCUT2D eigenvalue weighted by Gasteiger charge is 2.28. The third-order valence-electron chi connectivity index (χ3n) is 5.24. The Labute approximate surface area is 153 Å². The summed E-state index contributed by atoms with van der Waals surface area (Å²) in [7, 11) is 0. The Balaban J connectivity index is 1.79. The van der Waals surface area contributed by atoms with Gasteiger partial charge < -0.3 is 14.6 Å². The van der Waals surface area contributed by atoms with E-state index in [1.54, 1.807) is 0 Å². The Kier molecular flexibility index (Phi) is 4.37. The molecule has 134 valence electrons. The number of imidazole rings is 1. The number of anilines is 1. The van der Waals surface area contributed by atoms with Crippen LogP contribution in [-0.4, -0.2) is 28.4 Å². The van der Waals surface area contributed by atoms with Gasteiger partial charge in [0.05, 0.1) is 17.9 Å². The molecule has 0 saturated heterocycles. The Morgan fingerprint density at radius 3 is 2.65 bits per heavy atom. The van der Waals surface area contributed by atoms with Crippen LogP contribution in [-0.2, 0) is 11.3 Å². The molecule has 1 aliphatic heterocycles. The number of carbonyl (C=O) groups is 1. The molecule has 0 bridgehead atoms. The average Bonchev–Trinajstić information content (AvgIpc) is 2.96. The predicted octanol–water partition coefficient (Wildman–Crippen LogP) is 3.33. The normalized spacial score (nSPS) is 16.8. The Morgan fingerprint density at radius 1 is 1.15 bits per heavy atom. The van der Waals surface area contributed by atoms with Crippen molar-refractivity contribution in [1.82, 2.24) is 14.7 Å². The number of pyridine rings is 1. The quantitative estimate of drug-likeness (QED) is 0.787. The van der Waals surface area contributed by atoms with Gasteiger partial charge in [-0.25, -0.2) is 4.98 Å². The predicted molar refractivity (Wildman–Crippen MR) is 104 cm³/mol. The Morgan fingerprint density at radius 2 is 1.92 bits per heavy atom. The van der Waals surface area contributed by atoms with E-state index in [4.69, 9.17) is 4.98 Å². The van der Waals surface area contributed by atoms with Crippen LogP contribution in [0.4, 0.5) is 5.69 Å². The lowest BCUT2D eigenvalue weighted by Crippen LogP contribution is -2.22. The SMILES string of the molecule is CCN(CC)c1ccc(C2CC(=O)NCc3nc4ccccn4c32)cc1. The summed E-state index contributed by atoms with van der Waals surface area (Å²) in [4.78, 5) is 19.3. The molecule has 0 aliphatic carbocycles. The molecule has 3 aromatic rings. The van der Waals surface area contributed by atoms with Crippen molar-refractivity contribution < 1.29 is 4.79 Å². The van der Waals surface area contributed by atoms with Gasteiger partial charge in [0.2, 0.25) is 5.91 Å². The molecular weight excluding hydrogens is 324 g/mol. The van der Waals surface area contributed by atoms with Gasteiger partial charge >= 0.3 is 0 Å². The first-order valence-electron chi connectivity index (χ1n) is 9.28. The molecule has 1 aliphatic rings. The molecule has 4 rings (SSSR count). The molecule has 0 spiro atoms. The zero-order chi connectivity index (χ0) is 18.1. The van der Waals surface area contributed by atoms with E-state index in [0.717, 1.165) is 35.7 Å². The lowest BCUT2D eigenvalue weighted by atomic mass is 9.91. The topological polar surface area (TPSA) is 49.6 Å². The standard InChI is InChI=1S/C21H24N4O/c1-3-24(4-2)16-10-8-15(9-11-16)17-13-20(26)22-14-18-21(17)25-12-6-5-7-19(25)23-18/h5-12,17H,3-4,13-14H2,1-2H3,(H,22,26). The van der Waals surface area contributed by atoms with Crippen LogP contribution < -0.4 is 10.2 Å². The smallest absolute Gasteiger partial charge is 0.221 e. The van der Waals surface area contributed by atoms with Gasteiger partial charge in [0.15, 0.2) is 0 Å². The van der Waals surface area contributed by atoms with Crippen molar-refractivity contribution in [3.8, 4) is 0 Å². The minimum atomic E-state index is 0.00986. The van der Waals surface area contributed by atoms with Crippen LogP contribution in [0, 0.1) is 0 Å². The van der Waals surface area contributed by atoms with Crippen molar-refractivity contribution in [3.63, 3.8) is 0 Å². The van der Waals surface area contributed by atoms with E-state index in [-0.39, 0.29) is 11.8 Å². The van der Waals surface area contributed by atoms with Crippen LogP contribution in [0.1, 0.15) is 43.1 Å². The molecule has 1 unspecified atom stereocenters. The van der Waals surface area contributed by atoms with Crippen LogP contribution in [0.3, 0.4) is 0 Å². The number of hydrogen-bond donors (Lipinski definition) is 1. The van der Waals surface area contributed by atoms with E-state index >= 15 is 0 Å². The molecule has 0 fully saturated rings. The zero-order valence-corrected chi connectivity index (χ0v) is 15.3. The van der Waals surface area contributed by atoms with E-state index in [0.29, 0.717) is 13.0 Å². The fraction of sp³-hybridized carbons (Fsp3) is 0.333. The lowest BCUT2D eigenvalue weighted by Gasteiger charge is -2.22. The van der Waals surface area contributed by atoms with Gasteiger partial charge in [-0.1, -0.05) is 18.2 Å².